The van der Waals surface area contributed by atoms with Crippen LogP contribution in [0.4, 0.5) is 0 Å². The van der Waals surface area contributed by atoms with Crippen LogP contribution in [0.15, 0.2) is 54.7 Å². The van der Waals surface area contributed by atoms with Gasteiger partial charge >= 0.3 is 0 Å². The monoisotopic (exact) mass is 385 g/mol. The molecule has 4 heteroatoms. The van der Waals surface area contributed by atoms with E-state index >= 15 is 0 Å². The van der Waals surface area contributed by atoms with E-state index in [9.17, 15) is 4.79 Å². The predicted molar refractivity (Wildman–Crippen MR) is 111 cm³/mol. The molecule has 2 aromatic carbocycles. The number of aromatic nitrogens is 1. The third kappa shape index (κ3) is 3.09. The van der Waals surface area contributed by atoms with Crippen molar-refractivity contribution in [1.82, 2.24) is 4.98 Å². The van der Waals surface area contributed by atoms with Gasteiger partial charge in [-0.25, -0.2) is 0 Å². The van der Waals surface area contributed by atoms with Crippen LogP contribution in [0.1, 0.15) is 35.2 Å². The highest BCUT2D eigenvalue weighted by molar-refractivity contribution is 5.94. The lowest BCUT2D eigenvalue weighted by Gasteiger charge is -2.15. The summed E-state index contributed by atoms with van der Waals surface area (Å²) in [7, 11) is 0. The van der Waals surface area contributed by atoms with Gasteiger partial charge in [-0.2, -0.15) is 0 Å². The van der Waals surface area contributed by atoms with E-state index in [4.69, 9.17) is 9.47 Å². The minimum absolute atomic E-state index is 0.226. The summed E-state index contributed by atoms with van der Waals surface area (Å²) < 4.78 is 10.9. The Morgan fingerprint density at radius 3 is 2.45 bits per heavy atom. The molecule has 2 heterocycles. The first-order chi connectivity index (χ1) is 14.1. The van der Waals surface area contributed by atoms with Gasteiger partial charge in [-0.1, -0.05) is 30.3 Å². The number of benzene rings is 2. The molecule has 0 amide bonds. The lowest BCUT2D eigenvalue weighted by atomic mass is 9.88. The van der Waals surface area contributed by atoms with Crippen LogP contribution in [0, 0.1) is 13.8 Å². The van der Waals surface area contributed by atoms with E-state index in [-0.39, 0.29) is 12.6 Å². The van der Waals surface area contributed by atoms with Crippen LogP contribution in [0.2, 0.25) is 0 Å². The van der Waals surface area contributed by atoms with Gasteiger partial charge in [-0.05, 0) is 67.1 Å². The molecule has 2 aliphatic rings. The normalized spacial score (nSPS) is 15.9. The fourth-order valence-electron chi connectivity index (χ4n) is 4.33. The molecule has 0 saturated heterocycles. The van der Waals surface area contributed by atoms with Gasteiger partial charge in [0.2, 0.25) is 6.79 Å². The number of pyridine rings is 1. The quantitative estimate of drug-likeness (QED) is 0.624. The summed E-state index contributed by atoms with van der Waals surface area (Å²) in [6, 6.07) is 16.2. The van der Waals surface area contributed by atoms with Crippen molar-refractivity contribution in [1.29, 1.82) is 0 Å². The number of carbonyl (C=O) groups excluding carboxylic acids is 1. The van der Waals surface area contributed by atoms with E-state index < -0.39 is 5.41 Å². The number of nitrogens with zero attached hydrogens (tertiary/aromatic N) is 1. The van der Waals surface area contributed by atoms with Crippen LogP contribution in [0.5, 0.6) is 11.5 Å². The van der Waals surface area contributed by atoms with Crippen LogP contribution in [0.25, 0.3) is 11.1 Å². The number of carbonyl (C=O) groups is 1. The molecular formula is C25H23NO3. The summed E-state index contributed by atoms with van der Waals surface area (Å²) in [5.74, 6) is 1.71. The Morgan fingerprint density at radius 1 is 1.00 bits per heavy atom. The minimum atomic E-state index is -0.395. The molecule has 4 nitrogen and oxygen atoms in total. The highest BCUT2D eigenvalue weighted by Gasteiger charge is 2.50. The van der Waals surface area contributed by atoms with Crippen molar-refractivity contribution in [2.75, 3.05) is 6.79 Å². The van der Waals surface area contributed by atoms with Gasteiger partial charge in [0.05, 0.1) is 5.41 Å². The molecule has 1 aromatic heterocycles. The topological polar surface area (TPSA) is 48.4 Å². The highest BCUT2D eigenvalue weighted by Crippen LogP contribution is 2.51. The van der Waals surface area contributed by atoms with Gasteiger partial charge in [-0.3, -0.25) is 9.78 Å². The molecule has 0 atom stereocenters. The Morgan fingerprint density at radius 2 is 1.76 bits per heavy atom. The van der Waals surface area contributed by atoms with Crippen LogP contribution in [-0.4, -0.2) is 17.6 Å². The largest absolute Gasteiger partial charge is 0.454 e. The van der Waals surface area contributed by atoms with E-state index in [1.165, 1.54) is 16.7 Å². The standard InChI is InChI=1S/C25H23NO3/c1-16-4-3-5-17(2)24(16)18-6-8-20(26-14-18)13-23(27)25(10-11-25)19-7-9-21-22(12-19)29-15-28-21/h3-9,12,14H,10-11,13,15H2,1-2H3. The van der Waals surface area contributed by atoms with Crippen molar-refractivity contribution >= 4 is 5.78 Å². The van der Waals surface area contributed by atoms with E-state index in [0.29, 0.717) is 6.42 Å². The number of fused-ring (bicyclic) bond motifs is 1. The first-order valence-corrected chi connectivity index (χ1v) is 10.0. The Kier molecular flexibility index (Phi) is 4.16. The highest BCUT2D eigenvalue weighted by atomic mass is 16.7. The van der Waals surface area contributed by atoms with Crippen molar-refractivity contribution in [2.24, 2.45) is 0 Å². The fraction of sp³-hybridized carbons (Fsp3) is 0.280. The Labute approximate surface area is 170 Å². The molecule has 1 aliphatic carbocycles. The lowest BCUT2D eigenvalue weighted by molar-refractivity contribution is -0.120. The number of aryl methyl sites for hydroxylation is 2. The van der Waals surface area contributed by atoms with Crippen molar-refractivity contribution in [3.05, 3.63) is 77.1 Å². The van der Waals surface area contributed by atoms with E-state index in [1.807, 2.05) is 30.5 Å². The third-order valence-electron chi connectivity index (χ3n) is 6.15. The number of ether oxygens (including phenoxy) is 2. The van der Waals surface area contributed by atoms with Crippen molar-refractivity contribution in [3.63, 3.8) is 0 Å². The zero-order valence-corrected chi connectivity index (χ0v) is 16.7. The summed E-state index contributed by atoms with van der Waals surface area (Å²) in [6.45, 7) is 4.47. The van der Waals surface area contributed by atoms with E-state index in [0.717, 1.165) is 41.2 Å². The fourth-order valence-corrected chi connectivity index (χ4v) is 4.33. The van der Waals surface area contributed by atoms with Crippen molar-refractivity contribution in [3.8, 4) is 22.6 Å². The number of hydrogen-bond acceptors (Lipinski definition) is 4. The molecule has 29 heavy (non-hydrogen) atoms. The molecule has 5 rings (SSSR count). The van der Waals surface area contributed by atoms with Gasteiger partial charge in [0, 0.05) is 23.9 Å². The maximum Gasteiger partial charge on any atom is 0.231 e. The Bertz CT molecular complexity index is 1080. The second-order valence-electron chi connectivity index (χ2n) is 8.06. The van der Waals surface area contributed by atoms with Crippen LogP contribution >= 0.6 is 0 Å². The number of Topliss-reactive ketones (excluding diaryl/α,β-unsaturated/α-hetero) is 1. The molecule has 1 saturated carbocycles. The summed E-state index contributed by atoms with van der Waals surface area (Å²) in [4.78, 5) is 17.8. The second kappa shape index (κ2) is 6.73. The Hall–Kier alpha value is -3.14. The number of ketones is 1. The van der Waals surface area contributed by atoms with E-state index in [2.05, 4.69) is 43.1 Å². The predicted octanol–water partition coefficient (Wildman–Crippen LogP) is 4.94. The number of rotatable bonds is 5. The van der Waals surface area contributed by atoms with Gasteiger partial charge in [0.25, 0.3) is 0 Å². The lowest BCUT2D eigenvalue weighted by Crippen LogP contribution is -2.22. The zero-order chi connectivity index (χ0) is 20.0. The minimum Gasteiger partial charge on any atom is -0.454 e. The van der Waals surface area contributed by atoms with Crippen LogP contribution < -0.4 is 9.47 Å². The van der Waals surface area contributed by atoms with Crippen LogP contribution in [-0.2, 0) is 16.6 Å². The summed E-state index contributed by atoms with van der Waals surface area (Å²) in [6.07, 6.45) is 4.00. The van der Waals surface area contributed by atoms with Gasteiger partial charge in [-0.15, -0.1) is 0 Å². The SMILES string of the molecule is Cc1cccc(C)c1-c1ccc(CC(=O)C2(c3ccc4c(c3)OCO4)CC2)nc1. The average Bonchev–Trinajstić information content (AvgIpc) is 3.40. The molecule has 146 valence electrons. The summed E-state index contributed by atoms with van der Waals surface area (Å²) in [5.41, 5.74) is 6.22. The molecule has 0 spiro atoms. The van der Waals surface area contributed by atoms with Crippen LogP contribution in [0.3, 0.4) is 0 Å². The average molecular weight is 385 g/mol. The van der Waals surface area contributed by atoms with Gasteiger partial charge < -0.3 is 9.47 Å². The maximum atomic E-state index is 13.1. The first kappa shape index (κ1) is 17.9. The van der Waals surface area contributed by atoms with Gasteiger partial charge in [0.15, 0.2) is 11.5 Å². The Balaban J connectivity index is 1.36. The second-order valence-corrected chi connectivity index (χ2v) is 8.06. The van der Waals surface area contributed by atoms with Crippen molar-refractivity contribution in [2.45, 2.75) is 38.5 Å². The molecule has 3 aromatic rings. The summed E-state index contributed by atoms with van der Waals surface area (Å²) >= 11 is 0. The molecule has 0 unspecified atom stereocenters. The number of hydrogen-bond donors (Lipinski definition) is 0. The molecule has 1 fully saturated rings. The maximum absolute atomic E-state index is 13.1. The third-order valence-corrected chi connectivity index (χ3v) is 6.15. The van der Waals surface area contributed by atoms with E-state index in [1.54, 1.807) is 0 Å². The van der Waals surface area contributed by atoms with Crippen molar-refractivity contribution < 1.29 is 14.3 Å². The molecule has 0 radical (unpaired) electrons. The smallest absolute Gasteiger partial charge is 0.231 e. The molecule has 1 aliphatic heterocycles. The summed E-state index contributed by atoms with van der Waals surface area (Å²) in [5, 5.41) is 0. The van der Waals surface area contributed by atoms with Gasteiger partial charge in [0.1, 0.15) is 5.78 Å². The zero-order valence-electron chi connectivity index (χ0n) is 16.7. The molecule has 0 N–H and O–H groups in total. The molecule has 0 bridgehead atoms. The molecular weight excluding hydrogens is 362 g/mol. The first-order valence-electron chi connectivity index (χ1n) is 10.0.